The number of methoxy groups -OCH3 is 1. The van der Waals surface area contributed by atoms with Crippen LogP contribution < -0.4 is 9.47 Å². The molecule has 2 bridgehead atoms. The molecule has 0 saturated carbocycles. The van der Waals surface area contributed by atoms with Crippen molar-refractivity contribution in [3.63, 3.8) is 0 Å². The van der Waals surface area contributed by atoms with E-state index in [1.807, 2.05) is 48.5 Å². The van der Waals surface area contributed by atoms with Gasteiger partial charge in [-0.2, -0.15) is 10.1 Å². The quantitative estimate of drug-likeness (QED) is 0.172. The number of carbonyl (C=O) groups excluding carboxylic acids is 2. The van der Waals surface area contributed by atoms with Crippen LogP contribution in [0, 0.1) is 11.8 Å². The van der Waals surface area contributed by atoms with Crippen LogP contribution in [0.1, 0.15) is 45.2 Å². The number of halogens is 2. The molecule has 4 aromatic carbocycles. The lowest BCUT2D eigenvalue weighted by Crippen LogP contribution is -2.41. The molecule has 8 heteroatoms. The lowest BCUT2D eigenvalue weighted by atomic mass is 9.55. The first-order chi connectivity index (χ1) is 20.0. The summed E-state index contributed by atoms with van der Waals surface area (Å²) in [7, 11) is 1.55. The molecule has 0 N–H and O–H groups in total. The molecule has 1 heterocycles. The first-order valence-corrected chi connectivity index (χ1v) is 14.5. The van der Waals surface area contributed by atoms with E-state index < -0.39 is 11.8 Å². The molecule has 0 radical (unpaired) electrons. The zero-order chi connectivity index (χ0) is 28.2. The van der Waals surface area contributed by atoms with Crippen LogP contribution >= 0.6 is 27.5 Å². The Labute approximate surface area is 250 Å². The van der Waals surface area contributed by atoms with Crippen LogP contribution in [-0.2, 0) is 16.2 Å². The summed E-state index contributed by atoms with van der Waals surface area (Å²) in [5.74, 6) is -0.828. The molecule has 2 atom stereocenters. The van der Waals surface area contributed by atoms with Crippen LogP contribution in [0.5, 0.6) is 11.5 Å². The standard InChI is InChI=1S/C33H24BrClN2O4/c1-40-26-15-18(14-24(34)31(26)41-17-19-8-2-7-13-25(19)35)16-36-37-32(38)29-27-20-9-3-4-10-21(20)28(30(29)33(37)39)23-12-6-5-11-22(23)27/h2-16,27-30H,17H2,1H3/b36-16-/t27?,28?,29-,30-/m0/s1. The Morgan fingerprint density at radius 1 is 0.854 bits per heavy atom. The smallest absolute Gasteiger partial charge is 0.254 e. The third-order valence-electron chi connectivity index (χ3n) is 8.33. The third-order valence-corrected chi connectivity index (χ3v) is 9.29. The first kappa shape index (κ1) is 26.0. The minimum absolute atomic E-state index is 0.169. The number of imide groups is 1. The molecule has 1 fully saturated rings. The van der Waals surface area contributed by atoms with Crippen molar-refractivity contribution < 1.29 is 19.1 Å². The van der Waals surface area contributed by atoms with Gasteiger partial charge in [-0.25, -0.2) is 0 Å². The number of carbonyl (C=O) groups is 2. The highest BCUT2D eigenvalue weighted by Gasteiger charge is 2.61. The molecule has 1 aliphatic heterocycles. The minimum atomic E-state index is -0.476. The summed E-state index contributed by atoms with van der Waals surface area (Å²) >= 11 is 9.84. The maximum atomic E-state index is 13.8. The van der Waals surface area contributed by atoms with Crippen LogP contribution in [0.25, 0.3) is 0 Å². The third kappa shape index (κ3) is 4.10. The van der Waals surface area contributed by atoms with E-state index in [9.17, 15) is 9.59 Å². The van der Waals surface area contributed by atoms with E-state index >= 15 is 0 Å². The average Bonchev–Trinajstić information content (AvgIpc) is 3.25. The lowest BCUT2D eigenvalue weighted by molar-refractivity contribution is -0.139. The number of benzene rings is 4. The number of hydrazone groups is 1. The largest absolute Gasteiger partial charge is 0.493 e. The molecule has 41 heavy (non-hydrogen) atoms. The van der Waals surface area contributed by atoms with Gasteiger partial charge in [0.2, 0.25) is 0 Å². The molecular formula is C33H24BrClN2O4. The molecule has 0 unspecified atom stereocenters. The number of hydrogen-bond donors (Lipinski definition) is 0. The van der Waals surface area contributed by atoms with E-state index in [1.165, 1.54) is 6.21 Å². The van der Waals surface area contributed by atoms with E-state index in [0.717, 1.165) is 32.8 Å². The lowest BCUT2D eigenvalue weighted by Gasteiger charge is -2.45. The van der Waals surface area contributed by atoms with Crippen LogP contribution in [0.2, 0.25) is 5.02 Å². The molecule has 0 aromatic heterocycles. The van der Waals surface area contributed by atoms with Crippen LogP contribution in [0.15, 0.2) is 94.5 Å². The molecule has 0 spiro atoms. The van der Waals surface area contributed by atoms with E-state index in [2.05, 4.69) is 45.3 Å². The van der Waals surface area contributed by atoms with Gasteiger partial charge in [0.05, 0.1) is 29.6 Å². The molecule has 204 valence electrons. The first-order valence-electron chi connectivity index (χ1n) is 13.3. The number of nitrogens with zero attached hydrogens (tertiary/aromatic N) is 2. The summed E-state index contributed by atoms with van der Waals surface area (Å²) in [5, 5.41) is 6.11. The Morgan fingerprint density at radius 3 is 1.93 bits per heavy atom. The Morgan fingerprint density at radius 2 is 1.39 bits per heavy atom. The highest BCUT2D eigenvalue weighted by atomic mass is 79.9. The molecule has 4 aliphatic rings. The van der Waals surface area contributed by atoms with Crippen LogP contribution in [-0.4, -0.2) is 30.1 Å². The Balaban J connectivity index is 1.18. The van der Waals surface area contributed by atoms with Crippen molar-refractivity contribution in [2.75, 3.05) is 7.11 Å². The predicted octanol–water partition coefficient (Wildman–Crippen LogP) is 6.92. The molecular weight excluding hydrogens is 604 g/mol. The molecule has 3 aliphatic carbocycles. The minimum Gasteiger partial charge on any atom is -0.493 e. The Hall–Kier alpha value is -3.94. The van der Waals surface area contributed by atoms with Crippen molar-refractivity contribution in [2.24, 2.45) is 16.9 Å². The van der Waals surface area contributed by atoms with Gasteiger partial charge in [-0.1, -0.05) is 78.3 Å². The summed E-state index contributed by atoms with van der Waals surface area (Å²) in [6.45, 7) is 0.259. The maximum absolute atomic E-state index is 13.8. The van der Waals surface area contributed by atoms with Crippen molar-refractivity contribution >= 4 is 45.6 Å². The van der Waals surface area contributed by atoms with Crippen LogP contribution in [0.4, 0.5) is 0 Å². The van der Waals surface area contributed by atoms with E-state index in [4.69, 9.17) is 21.1 Å². The predicted molar refractivity (Wildman–Crippen MR) is 159 cm³/mol. The zero-order valence-corrected chi connectivity index (χ0v) is 24.3. The van der Waals surface area contributed by atoms with Gasteiger partial charge in [0.1, 0.15) is 6.61 Å². The fourth-order valence-electron chi connectivity index (χ4n) is 6.62. The van der Waals surface area contributed by atoms with Crippen molar-refractivity contribution in [1.29, 1.82) is 0 Å². The average molecular weight is 628 g/mol. The van der Waals surface area contributed by atoms with Gasteiger partial charge < -0.3 is 9.47 Å². The van der Waals surface area contributed by atoms with Crippen molar-refractivity contribution in [3.8, 4) is 11.5 Å². The van der Waals surface area contributed by atoms with E-state index in [-0.39, 0.29) is 30.3 Å². The van der Waals surface area contributed by atoms with Crippen molar-refractivity contribution in [1.82, 2.24) is 5.01 Å². The number of rotatable bonds is 6. The molecule has 6 nitrogen and oxygen atoms in total. The normalized spacial score (nSPS) is 22.1. The van der Waals surface area contributed by atoms with Crippen molar-refractivity contribution in [2.45, 2.75) is 18.4 Å². The summed E-state index contributed by atoms with van der Waals surface area (Å²) in [4.78, 5) is 27.6. The van der Waals surface area contributed by atoms with Gasteiger partial charge in [-0.05, 0) is 61.9 Å². The Bertz CT molecular complexity index is 1640. The van der Waals surface area contributed by atoms with Gasteiger partial charge >= 0.3 is 0 Å². The second kappa shape index (κ2) is 10.2. The van der Waals surface area contributed by atoms with Gasteiger partial charge in [-0.3, -0.25) is 9.59 Å². The van der Waals surface area contributed by atoms with Crippen LogP contribution in [0.3, 0.4) is 0 Å². The topological polar surface area (TPSA) is 68.2 Å². The highest BCUT2D eigenvalue weighted by molar-refractivity contribution is 9.10. The maximum Gasteiger partial charge on any atom is 0.254 e. The second-order valence-corrected chi connectivity index (χ2v) is 11.7. The summed E-state index contributed by atoms with van der Waals surface area (Å²) in [5.41, 5.74) is 6.01. The fourth-order valence-corrected chi connectivity index (χ4v) is 7.38. The van der Waals surface area contributed by atoms with Crippen molar-refractivity contribution in [3.05, 3.63) is 128 Å². The highest BCUT2D eigenvalue weighted by Crippen LogP contribution is 2.61. The summed E-state index contributed by atoms with van der Waals surface area (Å²) < 4.78 is 12.3. The van der Waals surface area contributed by atoms with Gasteiger partial charge in [-0.15, -0.1) is 0 Å². The van der Waals surface area contributed by atoms with E-state index in [0.29, 0.717) is 26.6 Å². The number of amides is 2. The molecule has 4 aromatic rings. The SMILES string of the molecule is COc1cc(/C=N\N2C(=O)[C@H]3C4c5ccccc5C(c5ccccc54)[C@@H]3C2=O)cc(Br)c1OCc1ccccc1Cl. The fraction of sp³-hybridized carbons (Fsp3) is 0.182. The zero-order valence-electron chi connectivity index (χ0n) is 22.0. The van der Waals surface area contributed by atoms with E-state index in [1.54, 1.807) is 19.2 Å². The summed E-state index contributed by atoms with van der Waals surface area (Å²) in [6, 6.07) is 27.4. The summed E-state index contributed by atoms with van der Waals surface area (Å²) in [6.07, 6.45) is 1.51. The van der Waals surface area contributed by atoms with Gasteiger partial charge in [0, 0.05) is 22.4 Å². The molecule has 1 saturated heterocycles. The molecule has 8 rings (SSSR count). The Kier molecular flexibility index (Phi) is 6.44. The van der Waals surface area contributed by atoms with Gasteiger partial charge in [0.25, 0.3) is 11.8 Å². The monoisotopic (exact) mass is 626 g/mol. The van der Waals surface area contributed by atoms with Gasteiger partial charge in [0.15, 0.2) is 11.5 Å². The number of hydrogen-bond acceptors (Lipinski definition) is 5. The number of ether oxygens (including phenoxy) is 2. The second-order valence-electron chi connectivity index (χ2n) is 10.4. The molecule has 2 amide bonds.